The van der Waals surface area contributed by atoms with Crippen molar-refractivity contribution in [2.45, 2.75) is 13.0 Å². The van der Waals surface area contributed by atoms with E-state index in [0.29, 0.717) is 17.3 Å². The van der Waals surface area contributed by atoms with Crippen LogP contribution in [0, 0.1) is 4.77 Å². The highest BCUT2D eigenvalue weighted by Crippen LogP contribution is 2.20. The molecular formula is C17H16ClN5O2S. The fourth-order valence-electron chi connectivity index (χ4n) is 2.40. The van der Waals surface area contributed by atoms with E-state index in [1.165, 1.54) is 10.8 Å². The summed E-state index contributed by atoms with van der Waals surface area (Å²) >= 11 is 11.1. The summed E-state index contributed by atoms with van der Waals surface area (Å²) in [6, 6.07) is 6.74. The summed E-state index contributed by atoms with van der Waals surface area (Å²) in [5, 5.41) is 11.1. The molecule has 0 spiro atoms. The van der Waals surface area contributed by atoms with E-state index in [-0.39, 0.29) is 16.2 Å². The molecule has 0 atom stereocenters. The smallest absolute Gasteiger partial charge is 0.264 e. The van der Waals surface area contributed by atoms with Gasteiger partial charge in [-0.1, -0.05) is 11.6 Å². The molecule has 0 unspecified atom stereocenters. The molecule has 26 heavy (non-hydrogen) atoms. The lowest BCUT2D eigenvalue weighted by Crippen LogP contribution is -2.18. The molecule has 2 N–H and O–H groups in total. The minimum atomic E-state index is -0.490. The van der Waals surface area contributed by atoms with Gasteiger partial charge in [0.15, 0.2) is 4.77 Å². The van der Waals surface area contributed by atoms with Gasteiger partial charge in [-0.15, -0.1) is 0 Å². The van der Waals surface area contributed by atoms with E-state index in [0.717, 1.165) is 13.0 Å². The van der Waals surface area contributed by atoms with Crippen LogP contribution < -0.4 is 5.56 Å². The maximum absolute atomic E-state index is 12.1. The third-order valence-electron chi connectivity index (χ3n) is 3.69. The Bertz CT molecular complexity index is 1020. The first-order chi connectivity index (χ1) is 12.6. The van der Waals surface area contributed by atoms with Crippen LogP contribution >= 0.6 is 23.8 Å². The summed E-state index contributed by atoms with van der Waals surface area (Å²) < 4.78 is 3.40. The number of H-pyrrole nitrogens is 1. The average Bonchev–Trinajstić information content (AvgIpc) is 3.12. The van der Waals surface area contributed by atoms with Gasteiger partial charge >= 0.3 is 0 Å². The van der Waals surface area contributed by atoms with E-state index in [2.05, 4.69) is 15.0 Å². The summed E-state index contributed by atoms with van der Waals surface area (Å²) in [6.07, 6.45) is 7.47. The monoisotopic (exact) mass is 389 g/mol. The summed E-state index contributed by atoms with van der Waals surface area (Å²) in [7, 11) is 0. The van der Waals surface area contributed by atoms with Crippen molar-refractivity contribution in [1.82, 2.24) is 19.1 Å². The number of aromatic amines is 1. The first-order valence-electron chi connectivity index (χ1n) is 7.86. The lowest BCUT2D eigenvalue weighted by molar-refractivity contribution is 0.432. The fraction of sp³-hybridized carbons (Fsp3) is 0.176. The molecule has 0 aliphatic heterocycles. The van der Waals surface area contributed by atoms with Crippen LogP contribution in [0.3, 0.4) is 0 Å². The van der Waals surface area contributed by atoms with E-state index in [1.807, 2.05) is 10.8 Å². The Kier molecular flexibility index (Phi) is 5.65. The Hall–Kier alpha value is -2.71. The molecule has 1 aromatic carbocycles. The van der Waals surface area contributed by atoms with Crippen molar-refractivity contribution in [2.75, 3.05) is 6.54 Å². The largest absolute Gasteiger partial charge is 0.494 e. The van der Waals surface area contributed by atoms with Gasteiger partial charge in [0.25, 0.3) is 5.56 Å². The molecule has 0 fully saturated rings. The molecule has 0 saturated heterocycles. The molecule has 3 rings (SSSR count). The number of imidazole rings is 1. The van der Waals surface area contributed by atoms with Gasteiger partial charge in [-0.2, -0.15) is 0 Å². The fourth-order valence-corrected chi connectivity index (χ4v) is 2.81. The van der Waals surface area contributed by atoms with Crippen molar-refractivity contribution in [3.8, 4) is 11.6 Å². The molecule has 7 nitrogen and oxygen atoms in total. The van der Waals surface area contributed by atoms with Crippen LogP contribution in [0.15, 0.2) is 52.8 Å². The Morgan fingerprint density at radius 2 is 2.12 bits per heavy atom. The van der Waals surface area contributed by atoms with E-state index >= 15 is 0 Å². The van der Waals surface area contributed by atoms with Gasteiger partial charge in [-0.3, -0.25) is 19.3 Å². The Morgan fingerprint density at radius 3 is 2.81 bits per heavy atom. The van der Waals surface area contributed by atoms with Crippen molar-refractivity contribution >= 4 is 30.0 Å². The summed E-state index contributed by atoms with van der Waals surface area (Å²) in [6.45, 7) is 1.28. The molecule has 0 radical (unpaired) electrons. The number of aliphatic imine (C=N–C) groups is 1. The number of nitrogens with zero attached hydrogens (tertiary/aromatic N) is 4. The Morgan fingerprint density at radius 1 is 1.35 bits per heavy atom. The standard InChI is InChI=1S/C17H16ClN5O2S/c18-12-2-4-13(5-3-12)23-16(25)14(15(24)21-17(23)26)10-19-6-1-8-22-9-7-20-11-22/h2-5,7,9-11,25H,1,6,8H2,(H,21,24,26). The number of halogens is 1. The van der Waals surface area contributed by atoms with E-state index in [4.69, 9.17) is 23.8 Å². The lowest BCUT2D eigenvalue weighted by atomic mass is 10.3. The summed E-state index contributed by atoms with van der Waals surface area (Å²) in [5.41, 5.74) is 0.148. The maximum Gasteiger partial charge on any atom is 0.264 e. The number of benzene rings is 1. The molecule has 3 aromatic rings. The molecule has 0 aliphatic rings. The van der Waals surface area contributed by atoms with Crippen LogP contribution in [0.5, 0.6) is 5.88 Å². The number of rotatable bonds is 6. The predicted octanol–water partition coefficient (Wildman–Crippen LogP) is 2.96. The van der Waals surface area contributed by atoms with Gasteiger partial charge in [-0.25, -0.2) is 4.98 Å². The zero-order valence-corrected chi connectivity index (χ0v) is 15.2. The number of aromatic hydroxyl groups is 1. The quantitative estimate of drug-likeness (QED) is 0.385. The Labute approximate surface area is 159 Å². The normalized spacial score (nSPS) is 11.3. The molecule has 0 bridgehead atoms. The SMILES string of the molecule is O=c1[nH]c(=S)n(-c2ccc(Cl)cc2)c(O)c1C=NCCCn1ccnc1. The molecule has 134 valence electrons. The third-order valence-corrected chi connectivity index (χ3v) is 4.23. The number of hydrogen-bond donors (Lipinski definition) is 2. The van der Waals surface area contributed by atoms with Gasteiger partial charge in [0.05, 0.1) is 12.0 Å². The van der Waals surface area contributed by atoms with Crippen molar-refractivity contribution in [3.63, 3.8) is 0 Å². The second-order valence-electron chi connectivity index (χ2n) is 5.50. The topological polar surface area (TPSA) is 88.2 Å². The number of hydrogen-bond acceptors (Lipinski definition) is 5. The predicted molar refractivity (Wildman–Crippen MR) is 103 cm³/mol. The van der Waals surface area contributed by atoms with Gasteiger partial charge < -0.3 is 9.67 Å². The number of aromatic nitrogens is 4. The minimum Gasteiger partial charge on any atom is -0.494 e. The van der Waals surface area contributed by atoms with Gasteiger partial charge in [0, 0.05) is 36.7 Å². The first kappa shape index (κ1) is 18.1. The molecular weight excluding hydrogens is 374 g/mol. The Balaban J connectivity index is 1.81. The zero-order chi connectivity index (χ0) is 18.5. The van der Waals surface area contributed by atoms with Crippen LogP contribution in [-0.2, 0) is 6.54 Å². The second kappa shape index (κ2) is 8.11. The highest BCUT2D eigenvalue weighted by Gasteiger charge is 2.12. The van der Waals surface area contributed by atoms with Crippen molar-refractivity contribution in [2.24, 2.45) is 4.99 Å². The van der Waals surface area contributed by atoms with Crippen LogP contribution in [0.2, 0.25) is 5.02 Å². The molecule has 0 amide bonds. The van der Waals surface area contributed by atoms with Gasteiger partial charge in [-0.05, 0) is 42.9 Å². The zero-order valence-electron chi connectivity index (χ0n) is 13.7. The first-order valence-corrected chi connectivity index (χ1v) is 8.64. The van der Waals surface area contributed by atoms with Crippen LogP contribution in [0.1, 0.15) is 12.0 Å². The van der Waals surface area contributed by atoms with E-state index in [1.54, 1.807) is 36.8 Å². The van der Waals surface area contributed by atoms with Crippen molar-refractivity contribution < 1.29 is 5.11 Å². The van der Waals surface area contributed by atoms with Crippen LogP contribution in [0.4, 0.5) is 0 Å². The van der Waals surface area contributed by atoms with Gasteiger partial charge in [0.2, 0.25) is 5.88 Å². The van der Waals surface area contributed by atoms with Crippen LogP contribution in [0.25, 0.3) is 5.69 Å². The second-order valence-corrected chi connectivity index (χ2v) is 6.32. The minimum absolute atomic E-state index is 0.0520. The van der Waals surface area contributed by atoms with Gasteiger partial charge in [0.1, 0.15) is 5.56 Å². The van der Waals surface area contributed by atoms with E-state index < -0.39 is 5.56 Å². The molecule has 0 aliphatic carbocycles. The summed E-state index contributed by atoms with van der Waals surface area (Å²) in [5.74, 6) is -0.264. The lowest BCUT2D eigenvalue weighted by Gasteiger charge is -2.11. The maximum atomic E-state index is 12.1. The summed E-state index contributed by atoms with van der Waals surface area (Å²) in [4.78, 5) is 22.9. The average molecular weight is 390 g/mol. The molecule has 2 heterocycles. The van der Waals surface area contributed by atoms with E-state index in [9.17, 15) is 9.90 Å². The van der Waals surface area contributed by atoms with Crippen molar-refractivity contribution in [3.05, 3.63) is 68.7 Å². The number of nitrogens with one attached hydrogen (secondary N) is 1. The van der Waals surface area contributed by atoms with Crippen molar-refractivity contribution in [1.29, 1.82) is 0 Å². The molecule has 9 heteroatoms. The third kappa shape index (κ3) is 4.09. The molecule has 0 saturated carbocycles. The highest BCUT2D eigenvalue weighted by molar-refractivity contribution is 7.71. The molecule has 2 aromatic heterocycles. The number of aryl methyl sites for hydroxylation is 1. The van der Waals surface area contributed by atoms with Crippen LogP contribution in [-0.4, -0.2) is 37.0 Å². The highest BCUT2D eigenvalue weighted by atomic mass is 35.5.